The third-order valence-electron chi connectivity index (χ3n) is 5.91. The fourth-order valence-electron chi connectivity index (χ4n) is 4.07. The Hall–Kier alpha value is -3.71. The number of hydrogen-bond donors (Lipinski definition) is 1. The number of nitrogens with zero attached hydrogens (tertiary/aromatic N) is 3. The molecule has 2 amide bonds. The molecular weight excluding hydrogens is 656 g/mol. The normalized spacial score (nSPS) is 20.2. The van der Waals surface area contributed by atoms with Crippen LogP contribution in [-0.2, 0) is 58.3 Å². The van der Waals surface area contributed by atoms with Crippen LogP contribution in [0, 0.1) is 5.92 Å². The maximum atomic E-state index is 13.6. The van der Waals surface area contributed by atoms with Gasteiger partial charge in [-0.1, -0.05) is 5.16 Å². The largest absolute Gasteiger partial charge is 0.541 e. The van der Waals surface area contributed by atoms with E-state index in [9.17, 15) is 33.0 Å². The SMILES string of the molecule is [B]OC(=O)C1=C(CCl)CS(=O)[C@@H]2[C@H](CC(=O)/C(=N\O[C@@H](C[B]OC=O)C(=O)O[B])c3csc(NC(=O)OC(C)(C)C)n3)C(=O)N12. The topological polar surface area (TPSA) is 206 Å². The Morgan fingerprint density at radius 1 is 1.31 bits per heavy atom. The lowest BCUT2D eigenvalue weighted by molar-refractivity contribution is -0.153. The van der Waals surface area contributed by atoms with Crippen LogP contribution < -0.4 is 5.32 Å². The monoisotopic (exact) mass is 679 g/mol. The summed E-state index contributed by atoms with van der Waals surface area (Å²) >= 11 is 6.77. The zero-order chi connectivity index (χ0) is 33.5. The minimum atomic E-state index is -1.76. The summed E-state index contributed by atoms with van der Waals surface area (Å²) in [6.07, 6.45) is -3.41. The molecule has 4 atom stereocenters. The van der Waals surface area contributed by atoms with E-state index in [2.05, 4.69) is 29.4 Å². The molecular formula is C23H23B3ClN4O12S2. The Morgan fingerprint density at radius 2 is 2.02 bits per heavy atom. The Labute approximate surface area is 271 Å². The summed E-state index contributed by atoms with van der Waals surface area (Å²) in [4.78, 5) is 84.1. The molecule has 22 heteroatoms. The molecule has 0 saturated carbocycles. The van der Waals surface area contributed by atoms with Gasteiger partial charge in [-0.05, 0) is 26.3 Å². The van der Waals surface area contributed by atoms with Crippen molar-refractivity contribution in [1.82, 2.24) is 9.88 Å². The summed E-state index contributed by atoms with van der Waals surface area (Å²) in [5.41, 5.74) is -1.55. The standard InChI is InChI=1S/C23H23B3ClN4O12S2/c1-23(2,3)40-22(37)29-21-28-12(7-44-21)15(30-43-14(19(35)41-24)5-26-39-9-32)13(33)4-11-17(34)31-16(20(36)42-25)10(6-27)8-45(38)18(11)31/h7,9,11,14,18H,4-6,8H2,1-3H3,(H,28,29,37)/b30-15-/t11-,14+,18-,45?/m1/s1. The first kappa shape index (κ1) is 35.8. The summed E-state index contributed by atoms with van der Waals surface area (Å²) in [5.74, 6) is -5.39. The van der Waals surface area contributed by atoms with Crippen molar-refractivity contribution in [1.29, 1.82) is 0 Å². The molecule has 45 heavy (non-hydrogen) atoms. The van der Waals surface area contributed by atoms with Crippen LogP contribution in [0.1, 0.15) is 32.9 Å². The minimum absolute atomic E-state index is 0.00616. The summed E-state index contributed by atoms with van der Waals surface area (Å²) in [7, 11) is 9.08. The highest BCUT2D eigenvalue weighted by Gasteiger charge is 2.57. The van der Waals surface area contributed by atoms with Crippen molar-refractivity contribution in [3.05, 3.63) is 22.3 Å². The fourth-order valence-corrected chi connectivity index (χ4v) is 6.86. The first-order chi connectivity index (χ1) is 21.3. The van der Waals surface area contributed by atoms with E-state index in [-0.39, 0.29) is 40.2 Å². The highest BCUT2D eigenvalue weighted by molar-refractivity contribution is 7.86. The second kappa shape index (κ2) is 15.5. The molecule has 1 aromatic rings. The molecule has 1 aromatic heterocycles. The molecule has 1 unspecified atom stereocenters. The second-order valence-corrected chi connectivity index (χ2v) is 12.8. The maximum Gasteiger partial charge on any atom is 0.413 e. The van der Waals surface area contributed by atoms with Gasteiger partial charge in [-0.3, -0.25) is 28.8 Å². The van der Waals surface area contributed by atoms with Crippen molar-refractivity contribution >= 4 is 104 Å². The van der Waals surface area contributed by atoms with Gasteiger partial charge in [0.25, 0.3) is 6.47 Å². The summed E-state index contributed by atoms with van der Waals surface area (Å²) in [5, 5.41) is 6.39. The molecule has 0 aromatic carbocycles. The molecule has 0 bridgehead atoms. The number of carbonyl (C=O) groups excluding carboxylic acids is 6. The molecule has 5 radical (unpaired) electrons. The van der Waals surface area contributed by atoms with E-state index >= 15 is 0 Å². The van der Waals surface area contributed by atoms with Crippen LogP contribution in [-0.4, -0.2) is 108 Å². The number of ether oxygens (including phenoxy) is 1. The Morgan fingerprint density at radius 3 is 2.62 bits per heavy atom. The molecule has 3 rings (SSSR count). The minimum Gasteiger partial charge on any atom is -0.541 e. The number of ketones is 1. The maximum absolute atomic E-state index is 13.6. The van der Waals surface area contributed by atoms with Gasteiger partial charge in [0.05, 0.1) is 11.7 Å². The Kier molecular flexibility index (Phi) is 12.3. The van der Waals surface area contributed by atoms with E-state index in [1.54, 1.807) is 20.8 Å². The lowest BCUT2D eigenvalue weighted by atomic mass is 9.89. The van der Waals surface area contributed by atoms with Gasteiger partial charge in [-0.15, -0.1) is 22.9 Å². The predicted molar refractivity (Wildman–Crippen MR) is 159 cm³/mol. The first-order valence-corrected chi connectivity index (χ1v) is 15.5. The molecule has 1 N–H and O–H groups in total. The van der Waals surface area contributed by atoms with Gasteiger partial charge in [-0.25, -0.2) is 19.4 Å². The number of oxime groups is 1. The van der Waals surface area contributed by atoms with Crippen LogP contribution >= 0.6 is 22.9 Å². The van der Waals surface area contributed by atoms with Crippen LogP contribution in [0.15, 0.2) is 21.8 Å². The number of rotatable bonds is 14. The van der Waals surface area contributed by atoms with Gasteiger partial charge in [0.2, 0.25) is 12.0 Å². The van der Waals surface area contributed by atoms with Crippen molar-refractivity contribution in [3.8, 4) is 0 Å². The van der Waals surface area contributed by atoms with Crippen LogP contribution in [0.25, 0.3) is 0 Å². The number of halogens is 1. The molecule has 16 nitrogen and oxygen atoms in total. The third-order valence-corrected chi connectivity index (χ3v) is 8.70. The number of Topliss-reactive ketones (excluding diaryl/α,β-unsaturated/α-hetero) is 1. The predicted octanol–water partition coefficient (Wildman–Crippen LogP) is 0.0422. The van der Waals surface area contributed by atoms with Crippen molar-refractivity contribution in [2.24, 2.45) is 11.1 Å². The number of anilines is 1. The number of hydrogen-bond acceptors (Lipinski definition) is 15. The van der Waals surface area contributed by atoms with Crippen molar-refractivity contribution in [3.63, 3.8) is 0 Å². The number of β-lactam (4-membered cyclic amide) rings is 1. The van der Waals surface area contributed by atoms with E-state index in [1.165, 1.54) is 5.38 Å². The van der Waals surface area contributed by atoms with Gasteiger partial charge >= 0.3 is 41.6 Å². The molecule has 1 saturated heterocycles. The van der Waals surface area contributed by atoms with Crippen LogP contribution in [0.2, 0.25) is 6.32 Å². The third kappa shape index (κ3) is 8.73. The number of thiazole rings is 1. The second-order valence-electron chi connectivity index (χ2n) is 10.1. The molecule has 2 aliphatic rings. The van der Waals surface area contributed by atoms with E-state index < -0.39 is 82.0 Å². The molecule has 2 aliphatic heterocycles. The number of fused-ring (bicyclic) bond motifs is 1. The van der Waals surface area contributed by atoms with Crippen molar-refractivity contribution in [2.75, 3.05) is 16.9 Å². The van der Waals surface area contributed by atoms with Crippen molar-refractivity contribution < 1.29 is 56.5 Å². The number of nitrogens with one attached hydrogen (secondary N) is 1. The van der Waals surface area contributed by atoms with Gasteiger partial charge in [0.15, 0.2) is 16.6 Å². The molecule has 0 spiro atoms. The van der Waals surface area contributed by atoms with Gasteiger partial charge < -0.3 is 23.5 Å². The molecule has 235 valence electrons. The lowest BCUT2D eigenvalue weighted by Gasteiger charge is -2.49. The van der Waals surface area contributed by atoms with Crippen LogP contribution in [0.3, 0.4) is 0 Å². The number of aromatic nitrogens is 1. The lowest BCUT2D eigenvalue weighted by Crippen LogP contribution is -2.66. The molecule has 3 heterocycles. The van der Waals surface area contributed by atoms with Gasteiger partial charge in [0, 0.05) is 34.8 Å². The number of amides is 2. The molecule has 0 aliphatic carbocycles. The first-order valence-electron chi connectivity index (χ1n) is 12.7. The Balaban J connectivity index is 1.91. The van der Waals surface area contributed by atoms with E-state index in [0.717, 1.165) is 23.7 Å². The highest BCUT2D eigenvalue weighted by Crippen LogP contribution is 2.41. The molecule has 1 fully saturated rings. The van der Waals surface area contributed by atoms with E-state index in [0.29, 0.717) is 0 Å². The van der Waals surface area contributed by atoms with Crippen LogP contribution in [0.5, 0.6) is 0 Å². The average Bonchev–Trinajstić information content (AvgIpc) is 3.44. The smallest absolute Gasteiger partial charge is 0.413 e. The highest BCUT2D eigenvalue weighted by atomic mass is 35.5. The zero-order valence-corrected chi connectivity index (χ0v) is 26.3. The van der Waals surface area contributed by atoms with Crippen molar-refractivity contribution in [2.45, 2.75) is 50.6 Å². The summed E-state index contributed by atoms with van der Waals surface area (Å²) in [6, 6.07) is 0. The quantitative estimate of drug-likeness (QED) is 0.0525. The number of alkyl halides is 1. The number of carbonyl (C=O) groups is 6. The van der Waals surface area contributed by atoms with E-state index in [4.69, 9.17) is 37.3 Å². The zero-order valence-electron chi connectivity index (χ0n) is 23.9. The van der Waals surface area contributed by atoms with Gasteiger partial charge in [-0.2, -0.15) is 0 Å². The van der Waals surface area contributed by atoms with Crippen LogP contribution in [0.4, 0.5) is 9.93 Å². The van der Waals surface area contributed by atoms with E-state index in [1.807, 2.05) is 0 Å². The fraction of sp³-hybridized carbons (Fsp3) is 0.478. The average molecular weight is 679 g/mol. The summed E-state index contributed by atoms with van der Waals surface area (Å²) in [6.45, 7) is 5.03. The summed E-state index contributed by atoms with van der Waals surface area (Å²) < 4.78 is 31.1. The Bertz CT molecular complexity index is 1450. The van der Waals surface area contributed by atoms with Gasteiger partial charge in [0.1, 0.15) is 22.4 Å².